The Hall–Kier alpha value is -3.78. The van der Waals surface area contributed by atoms with Gasteiger partial charge >= 0.3 is 35.8 Å². The molecule has 0 aromatic rings. The van der Waals surface area contributed by atoms with Gasteiger partial charge in [0.05, 0.1) is 0 Å². The normalized spacial score (nSPS) is 13.3. The maximum absolute atomic E-state index is 12.6. The predicted molar refractivity (Wildman–Crippen MR) is 135 cm³/mol. The van der Waals surface area contributed by atoms with E-state index in [2.05, 4.69) is 14.1 Å². The molecule has 0 saturated heterocycles. The van der Waals surface area contributed by atoms with E-state index >= 15 is 0 Å². The number of rotatable bonds is 15. The van der Waals surface area contributed by atoms with Gasteiger partial charge in [0.1, 0.15) is 13.2 Å². The van der Waals surface area contributed by atoms with Gasteiger partial charge in [-0.25, -0.2) is 9.59 Å². The molecule has 14 nitrogen and oxygen atoms in total. The lowest BCUT2D eigenvalue weighted by Gasteiger charge is -2.35. The molecule has 0 rings (SSSR count). The smallest absolute Gasteiger partial charge is 0.390 e. The highest BCUT2D eigenvalue weighted by molar-refractivity contribution is 5.86. The molecule has 0 spiro atoms. The first-order valence-corrected chi connectivity index (χ1v) is 12.2. The molecule has 0 radical (unpaired) electrons. The number of hydrogen-bond donors (Lipinski definition) is 2. The van der Waals surface area contributed by atoms with Crippen LogP contribution in [0.15, 0.2) is 22.5 Å². The molecule has 0 amide bonds. The summed E-state index contributed by atoms with van der Waals surface area (Å²) in [7, 11) is 7.12. The van der Waals surface area contributed by atoms with Crippen molar-refractivity contribution in [3.63, 3.8) is 0 Å². The van der Waals surface area contributed by atoms with E-state index in [1.807, 2.05) is 0 Å². The number of hydrogen-bond acceptors (Lipinski definition) is 12. The zero-order valence-corrected chi connectivity index (χ0v) is 24.2. The second-order valence-corrected chi connectivity index (χ2v) is 8.88. The third-order valence-electron chi connectivity index (χ3n) is 4.98. The number of carbonyl (C=O) groups excluding carboxylic acids is 6. The van der Waals surface area contributed by atoms with Crippen LogP contribution in [0.1, 0.15) is 55.4 Å². The molecule has 40 heavy (non-hydrogen) atoms. The number of allylic oxidation sites excluding steroid dienone is 2. The number of quaternary nitrogens is 2. The van der Waals surface area contributed by atoms with E-state index in [9.17, 15) is 28.8 Å². The minimum absolute atomic E-state index is 0.143. The first-order valence-electron chi connectivity index (χ1n) is 12.2. The van der Waals surface area contributed by atoms with Crippen LogP contribution in [-0.2, 0) is 57.2 Å². The lowest BCUT2D eigenvalue weighted by Crippen LogP contribution is -2.77. The van der Waals surface area contributed by atoms with Crippen molar-refractivity contribution in [2.75, 3.05) is 13.2 Å². The van der Waals surface area contributed by atoms with Gasteiger partial charge < -0.3 is 39.1 Å². The van der Waals surface area contributed by atoms with Crippen LogP contribution >= 0.6 is 0 Å². The van der Waals surface area contributed by atoms with Crippen LogP contribution in [0.25, 0.3) is 0 Å². The Labute approximate surface area is 233 Å². The standard InChI is InChI=1S/C26H40N2O12/c1-13(2)21(27-9)25(33)35-11-19(37-15(5)29)23(39-17(7)31)24(40-18(8)32)20(38-16(6)30)12-36-26(34)22(28-10)14(3)4/h19-20,23-24H,9-12,27-28H2,1-8H3/t19-,20-,23-,24-/m1/s1. The molecule has 0 heterocycles. The van der Waals surface area contributed by atoms with Crippen LogP contribution < -0.4 is 10.6 Å². The van der Waals surface area contributed by atoms with Gasteiger partial charge in [-0.1, -0.05) is 0 Å². The summed E-state index contributed by atoms with van der Waals surface area (Å²) < 4.78 is 31.8. The van der Waals surface area contributed by atoms with Crippen LogP contribution in [0.5, 0.6) is 0 Å². The van der Waals surface area contributed by atoms with Gasteiger partial charge in [-0.3, -0.25) is 19.2 Å². The van der Waals surface area contributed by atoms with Gasteiger partial charge in [0.15, 0.2) is 35.8 Å². The molecule has 0 unspecified atom stereocenters. The van der Waals surface area contributed by atoms with Crippen molar-refractivity contribution in [2.24, 2.45) is 0 Å². The Morgan fingerprint density at radius 1 is 0.525 bits per heavy atom. The summed E-state index contributed by atoms with van der Waals surface area (Å²) in [6.45, 7) is 9.43. The summed E-state index contributed by atoms with van der Waals surface area (Å²) in [6, 6.07) is 0. The van der Waals surface area contributed by atoms with E-state index in [0.29, 0.717) is 11.1 Å². The molecule has 0 fully saturated rings. The quantitative estimate of drug-likeness (QED) is 0.107. The zero-order chi connectivity index (χ0) is 31.2. The second kappa shape index (κ2) is 17.7. The van der Waals surface area contributed by atoms with Gasteiger partial charge in [0, 0.05) is 27.7 Å². The minimum atomic E-state index is -1.68. The molecular formula is C26H40N2O12. The first-order chi connectivity index (χ1) is 18.5. The fraction of sp³-hybridized carbons (Fsp3) is 0.538. The van der Waals surface area contributed by atoms with Crippen molar-refractivity contribution in [3.8, 4) is 0 Å². The summed E-state index contributed by atoms with van der Waals surface area (Å²) >= 11 is 0. The zero-order valence-electron chi connectivity index (χ0n) is 24.2. The molecule has 0 aliphatic rings. The van der Waals surface area contributed by atoms with Crippen LogP contribution in [0, 0.1) is 14.1 Å². The highest BCUT2D eigenvalue weighted by atomic mass is 16.6. The number of esters is 6. The lowest BCUT2D eigenvalue weighted by molar-refractivity contribution is -0.539. The number of ether oxygens (including phenoxy) is 6. The second-order valence-electron chi connectivity index (χ2n) is 8.88. The van der Waals surface area contributed by atoms with Crippen molar-refractivity contribution >= 4 is 35.8 Å². The number of carbonyl (C=O) groups is 6. The Morgan fingerprint density at radius 2 is 0.800 bits per heavy atom. The van der Waals surface area contributed by atoms with Crippen molar-refractivity contribution in [3.05, 3.63) is 36.6 Å². The maximum Gasteiger partial charge on any atom is 0.390 e. The Balaban J connectivity index is 6.60. The van der Waals surface area contributed by atoms with Crippen molar-refractivity contribution in [1.82, 2.24) is 0 Å². The summed E-state index contributed by atoms with van der Waals surface area (Å²) in [6.07, 6.45) is -6.45. The fourth-order valence-corrected chi connectivity index (χ4v) is 3.36. The van der Waals surface area contributed by atoms with Crippen molar-refractivity contribution in [2.45, 2.75) is 79.8 Å². The van der Waals surface area contributed by atoms with Crippen LogP contribution in [0.2, 0.25) is 0 Å². The van der Waals surface area contributed by atoms with Gasteiger partial charge in [-0.15, -0.1) is 14.1 Å². The van der Waals surface area contributed by atoms with E-state index in [4.69, 9.17) is 28.4 Å². The van der Waals surface area contributed by atoms with E-state index in [1.165, 1.54) is 10.6 Å². The third-order valence-corrected chi connectivity index (χ3v) is 4.98. The predicted octanol–water partition coefficient (Wildman–Crippen LogP) is -0.903. The topological polar surface area (TPSA) is 191 Å². The van der Waals surface area contributed by atoms with Gasteiger partial charge in [0.2, 0.25) is 0 Å². The SMILES string of the molecule is [CH2-][NH2+]C(C(=O)OC[C@@H](OC(C)=O)[C@@H](OC(C)=O)[C@H](OC(C)=O)[C@@H](COC(=O)C([NH2+][CH2-])=C(C)C)OC(C)=O)=C(C)C. The van der Waals surface area contributed by atoms with Crippen LogP contribution in [0.3, 0.4) is 0 Å². The molecule has 4 atom stereocenters. The fourth-order valence-electron chi connectivity index (χ4n) is 3.36. The van der Waals surface area contributed by atoms with E-state index in [1.54, 1.807) is 27.7 Å². The largest absolute Gasteiger partial charge is 0.455 e. The highest BCUT2D eigenvalue weighted by Gasteiger charge is 2.44. The molecule has 226 valence electrons. The Morgan fingerprint density at radius 3 is 1.00 bits per heavy atom. The van der Waals surface area contributed by atoms with Crippen molar-refractivity contribution in [1.29, 1.82) is 0 Å². The van der Waals surface area contributed by atoms with Gasteiger partial charge in [-0.05, 0) is 38.8 Å². The monoisotopic (exact) mass is 572 g/mol. The summed E-state index contributed by atoms with van der Waals surface area (Å²) in [4.78, 5) is 73.3. The molecule has 0 aliphatic carbocycles. The van der Waals surface area contributed by atoms with Crippen LogP contribution in [-0.4, -0.2) is 73.4 Å². The Kier molecular flexibility index (Phi) is 16.1. The molecular weight excluding hydrogens is 532 g/mol. The maximum atomic E-state index is 12.6. The molecule has 14 heteroatoms. The lowest BCUT2D eigenvalue weighted by atomic mass is 10.0. The summed E-state index contributed by atoms with van der Waals surface area (Å²) in [5, 5.41) is 2.55. The molecule has 0 saturated carbocycles. The molecule has 0 aliphatic heterocycles. The van der Waals surface area contributed by atoms with E-state index in [0.717, 1.165) is 27.7 Å². The molecule has 0 bridgehead atoms. The highest BCUT2D eigenvalue weighted by Crippen LogP contribution is 2.21. The summed E-state index contributed by atoms with van der Waals surface area (Å²) in [5.74, 6) is -5.16. The average molecular weight is 573 g/mol. The third kappa shape index (κ3) is 12.8. The van der Waals surface area contributed by atoms with E-state index in [-0.39, 0.29) is 11.4 Å². The van der Waals surface area contributed by atoms with Gasteiger partial charge in [-0.2, -0.15) is 0 Å². The van der Waals surface area contributed by atoms with E-state index < -0.39 is 73.4 Å². The Bertz CT molecular complexity index is 929. The molecule has 0 aromatic carbocycles. The first kappa shape index (κ1) is 36.2. The average Bonchev–Trinajstić information content (AvgIpc) is 2.81. The molecule has 4 N–H and O–H groups in total. The van der Waals surface area contributed by atoms with Gasteiger partial charge in [0.25, 0.3) is 0 Å². The minimum Gasteiger partial charge on any atom is -0.455 e. The summed E-state index contributed by atoms with van der Waals surface area (Å²) in [5.41, 5.74) is 1.46. The van der Waals surface area contributed by atoms with Crippen molar-refractivity contribution < 1.29 is 67.8 Å². The number of nitrogens with two attached hydrogens (primary N) is 2. The molecule has 0 aromatic heterocycles. The van der Waals surface area contributed by atoms with Crippen LogP contribution in [0.4, 0.5) is 0 Å².